The largest absolute Gasteiger partial charge is 0.508 e. The number of phenols is 2. The lowest BCUT2D eigenvalue weighted by atomic mass is 9.84. The Balaban J connectivity index is 2.03. The van der Waals surface area contributed by atoms with Crippen LogP contribution in [0.4, 0.5) is 0 Å². The maximum atomic E-state index is 10.3. The van der Waals surface area contributed by atoms with E-state index >= 15 is 0 Å². The summed E-state index contributed by atoms with van der Waals surface area (Å²) < 4.78 is 0. The second kappa shape index (κ2) is 15.8. The predicted molar refractivity (Wildman–Crippen MR) is 143 cm³/mol. The molecule has 2 rings (SSSR count). The fraction of sp³-hybridized carbons (Fsp3) is 0.613. The molecule has 0 aromatic heterocycles. The highest BCUT2D eigenvalue weighted by atomic mass is 16.3. The highest BCUT2D eigenvalue weighted by Crippen LogP contribution is 2.35. The Bertz CT molecular complexity index is 740. The van der Waals surface area contributed by atoms with E-state index in [1.54, 1.807) is 0 Å². The molecule has 0 amide bonds. The summed E-state index contributed by atoms with van der Waals surface area (Å²) in [5, 5.41) is 20.6. The van der Waals surface area contributed by atoms with Crippen molar-refractivity contribution in [3.05, 3.63) is 58.7 Å². The van der Waals surface area contributed by atoms with Gasteiger partial charge < -0.3 is 10.2 Å². The van der Waals surface area contributed by atoms with E-state index < -0.39 is 0 Å². The number of phenolic OH excluding ortho intramolecular Hbond substituents is 2. The van der Waals surface area contributed by atoms with E-state index in [0.29, 0.717) is 17.4 Å². The molecule has 0 saturated heterocycles. The van der Waals surface area contributed by atoms with Gasteiger partial charge in [0.05, 0.1) is 0 Å². The third-order valence-electron chi connectivity index (χ3n) is 6.90. The number of aromatic hydroxyl groups is 2. The molecule has 184 valence electrons. The Morgan fingerprint density at radius 3 is 1.39 bits per heavy atom. The molecule has 0 spiro atoms. The fourth-order valence-corrected chi connectivity index (χ4v) is 4.95. The first-order chi connectivity index (χ1) is 16.1. The zero-order chi connectivity index (χ0) is 23.9. The van der Waals surface area contributed by atoms with Crippen molar-refractivity contribution < 1.29 is 10.2 Å². The number of aryl methyl sites for hydroxylation is 2. The maximum Gasteiger partial charge on any atom is 0.118 e. The number of rotatable bonds is 17. The summed E-state index contributed by atoms with van der Waals surface area (Å²) in [5.41, 5.74) is 4.69. The first kappa shape index (κ1) is 27.3. The predicted octanol–water partition coefficient (Wildman–Crippen LogP) is 9.45. The lowest BCUT2D eigenvalue weighted by Gasteiger charge is -2.21. The third kappa shape index (κ3) is 9.43. The number of hydrogen-bond acceptors (Lipinski definition) is 2. The zero-order valence-electron chi connectivity index (χ0n) is 21.5. The van der Waals surface area contributed by atoms with Gasteiger partial charge >= 0.3 is 0 Å². The molecule has 0 atom stereocenters. The Morgan fingerprint density at radius 2 is 0.970 bits per heavy atom. The Morgan fingerprint density at radius 1 is 0.545 bits per heavy atom. The summed E-state index contributed by atoms with van der Waals surface area (Å²) >= 11 is 0. The van der Waals surface area contributed by atoms with Gasteiger partial charge in [-0.15, -0.1) is 0 Å². The van der Waals surface area contributed by atoms with E-state index in [1.807, 2.05) is 12.1 Å². The average Bonchev–Trinajstić information content (AvgIpc) is 2.81. The van der Waals surface area contributed by atoms with Gasteiger partial charge in [0.1, 0.15) is 11.5 Å². The first-order valence-electron chi connectivity index (χ1n) is 13.7. The van der Waals surface area contributed by atoms with E-state index in [2.05, 4.69) is 45.0 Å². The average molecular weight is 453 g/mol. The van der Waals surface area contributed by atoms with Gasteiger partial charge in [0, 0.05) is 5.92 Å². The molecule has 0 radical (unpaired) electrons. The summed E-state index contributed by atoms with van der Waals surface area (Å²) in [6, 6.07) is 12.4. The smallest absolute Gasteiger partial charge is 0.118 e. The molecule has 0 unspecified atom stereocenters. The van der Waals surface area contributed by atoms with Crippen LogP contribution in [0, 0.1) is 0 Å². The van der Waals surface area contributed by atoms with Gasteiger partial charge in [-0.2, -0.15) is 0 Å². The van der Waals surface area contributed by atoms with Crippen LogP contribution in [0.5, 0.6) is 11.5 Å². The minimum absolute atomic E-state index is 0.312. The lowest BCUT2D eigenvalue weighted by molar-refractivity contribution is 0.466. The molecule has 0 saturated carbocycles. The van der Waals surface area contributed by atoms with Gasteiger partial charge in [0.2, 0.25) is 0 Å². The van der Waals surface area contributed by atoms with E-state index in [9.17, 15) is 10.2 Å². The van der Waals surface area contributed by atoms with Crippen LogP contribution in [-0.4, -0.2) is 10.2 Å². The van der Waals surface area contributed by atoms with Crippen molar-refractivity contribution >= 4 is 0 Å². The lowest BCUT2D eigenvalue weighted by Crippen LogP contribution is -2.04. The van der Waals surface area contributed by atoms with Gasteiger partial charge in [-0.05, 0) is 53.6 Å². The monoisotopic (exact) mass is 452 g/mol. The summed E-state index contributed by atoms with van der Waals surface area (Å²) in [6.45, 7) is 6.59. The van der Waals surface area contributed by atoms with Crippen molar-refractivity contribution in [2.24, 2.45) is 0 Å². The molecule has 0 aliphatic rings. The SMILES string of the molecule is CCCCCCCCCCCCC(c1ccc(O)c(CCC)c1)c1ccc(O)c(CCC)c1. The van der Waals surface area contributed by atoms with E-state index in [-0.39, 0.29) is 0 Å². The second-order valence-corrected chi connectivity index (χ2v) is 9.80. The van der Waals surface area contributed by atoms with Gasteiger partial charge in [-0.25, -0.2) is 0 Å². The summed E-state index contributed by atoms with van der Waals surface area (Å²) in [7, 11) is 0. The highest BCUT2D eigenvalue weighted by molar-refractivity contribution is 5.44. The second-order valence-electron chi connectivity index (χ2n) is 9.80. The maximum absolute atomic E-state index is 10.3. The molecule has 0 aliphatic heterocycles. The highest BCUT2D eigenvalue weighted by Gasteiger charge is 2.17. The zero-order valence-corrected chi connectivity index (χ0v) is 21.5. The summed E-state index contributed by atoms with van der Waals surface area (Å²) in [4.78, 5) is 0. The number of benzene rings is 2. The number of unbranched alkanes of at least 4 members (excludes halogenated alkanes) is 9. The standard InChI is InChI=1S/C31H48O2/c1-4-7-8-9-10-11-12-13-14-15-18-29(25-19-21-30(32)27(23-25)16-5-2)26-20-22-31(33)28(24-26)17-6-3/h19-24,29,32-33H,4-18H2,1-3H3. The molecule has 2 nitrogen and oxygen atoms in total. The van der Waals surface area contributed by atoms with Crippen LogP contribution in [0.3, 0.4) is 0 Å². The van der Waals surface area contributed by atoms with Crippen molar-refractivity contribution in [1.29, 1.82) is 0 Å². The molecule has 33 heavy (non-hydrogen) atoms. The normalized spacial score (nSPS) is 11.4. The van der Waals surface area contributed by atoms with Crippen LogP contribution in [0.2, 0.25) is 0 Å². The quantitative estimate of drug-likeness (QED) is 0.235. The Kier molecular flexibility index (Phi) is 13.1. The first-order valence-corrected chi connectivity index (χ1v) is 13.7. The van der Waals surface area contributed by atoms with Crippen LogP contribution < -0.4 is 0 Å². The molecule has 2 heteroatoms. The van der Waals surface area contributed by atoms with E-state index in [0.717, 1.165) is 43.2 Å². The van der Waals surface area contributed by atoms with Gasteiger partial charge in [0.15, 0.2) is 0 Å². The van der Waals surface area contributed by atoms with Crippen LogP contribution in [0.1, 0.15) is 132 Å². The molecule has 0 aliphatic carbocycles. The van der Waals surface area contributed by atoms with Gasteiger partial charge in [-0.3, -0.25) is 0 Å². The van der Waals surface area contributed by atoms with Crippen molar-refractivity contribution in [3.8, 4) is 11.5 Å². The van der Waals surface area contributed by atoms with Crippen molar-refractivity contribution in [2.45, 2.75) is 123 Å². The minimum Gasteiger partial charge on any atom is -0.508 e. The molecule has 0 fully saturated rings. The molecule has 2 aromatic rings. The fourth-order valence-electron chi connectivity index (χ4n) is 4.95. The Hall–Kier alpha value is -1.96. The van der Waals surface area contributed by atoms with Crippen LogP contribution in [0.15, 0.2) is 36.4 Å². The van der Waals surface area contributed by atoms with Gasteiger partial charge in [0.25, 0.3) is 0 Å². The van der Waals surface area contributed by atoms with Crippen molar-refractivity contribution in [1.82, 2.24) is 0 Å². The van der Waals surface area contributed by atoms with E-state index in [1.165, 1.54) is 75.3 Å². The molecule has 2 aromatic carbocycles. The van der Waals surface area contributed by atoms with Crippen molar-refractivity contribution in [2.75, 3.05) is 0 Å². The minimum atomic E-state index is 0.312. The topological polar surface area (TPSA) is 40.5 Å². The number of hydrogen-bond donors (Lipinski definition) is 2. The van der Waals surface area contributed by atoms with Gasteiger partial charge in [-0.1, -0.05) is 122 Å². The molecule has 0 bridgehead atoms. The van der Waals surface area contributed by atoms with Crippen LogP contribution in [-0.2, 0) is 12.8 Å². The van der Waals surface area contributed by atoms with Crippen LogP contribution >= 0.6 is 0 Å². The van der Waals surface area contributed by atoms with Crippen LogP contribution in [0.25, 0.3) is 0 Å². The summed E-state index contributed by atoms with van der Waals surface area (Å²) in [6.07, 6.45) is 18.4. The van der Waals surface area contributed by atoms with E-state index in [4.69, 9.17) is 0 Å². The molecular weight excluding hydrogens is 404 g/mol. The molecule has 2 N–H and O–H groups in total. The third-order valence-corrected chi connectivity index (χ3v) is 6.90. The Labute approximate surface area is 203 Å². The molecule has 0 heterocycles. The molecular formula is C31H48O2. The summed E-state index contributed by atoms with van der Waals surface area (Å²) in [5.74, 6) is 1.14. The van der Waals surface area contributed by atoms with Crippen molar-refractivity contribution in [3.63, 3.8) is 0 Å².